The van der Waals surface area contributed by atoms with Crippen LogP contribution in [0.15, 0.2) is 59.4 Å². The van der Waals surface area contributed by atoms with E-state index < -0.39 is 23.6 Å². The molecule has 2 aromatic heterocycles. The number of aromatic nitrogens is 2. The average Bonchev–Trinajstić information content (AvgIpc) is 3.22. The van der Waals surface area contributed by atoms with Gasteiger partial charge in [-0.1, -0.05) is 30.3 Å². The number of aliphatic hydroxyl groups is 1. The van der Waals surface area contributed by atoms with Crippen molar-refractivity contribution < 1.29 is 24.2 Å². The molecule has 2 atom stereocenters. The van der Waals surface area contributed by atoms with Crippen LogP contribution in [0.25, 0.3) is 22.3 Å². The lowest BCUT2D eigenvalue weighted by Gasteiger charge is -2.22. The van der Waals surface area contributed by atoms with Gasteiger partial charge in [0, 0.05) is 10.9 Å². The number of pyridine rings is 2. The molecule has 0 radical (unpaired) electrons. The van der Waals surface area contributed by atoms with Gasteiger partial charge in [-0.05, 0) is 61.2 Å². The molecule has 0 saturated carbocycles. The van der Waals surface area contributed by atoms with Crippen molar-refractivity contribution >= 4 is 22.8 Å². The maximum atomic E-state index is 13.5. The molecular formula is C30H27N3O6. The van der Waals surface area contributed by atoms with Crippen molar-refractivity contribution in [3.05, 3.63) is 92.8 Å². The van der Waals surface area contributed by atoms with Crippen LogP contribution in [-0.4, -0.2) is 32.6 Å². The van der Waals surface area contributed by atoms with E-state index in [2.05, 4.69) is 0 Å². The fourth-order valence-corrected chi connectivity index (χ4v) is 5.45. The van der Waals surface area contributed by atoms with Crippen molar-refractivity contribution in [2.24, 2.45) is 5.73 Å². The molecular weight excluding hydrogens is 498 g/mol. The number of carbonyl (C=O) groups is 2. The highest BCUT2D eigenvalue weighted by atomic mass is 16.5. The topological polar surface area (TPSA) is 134 Å². The molecule has 4 aromatic rings. The van der Waals surface area contributed by atoms with Gasteiger partial charge in [-0.15, -0.1) is 0 Å². The molecule has 9 nitrogen and oxygen atoms in total. The van der Waals surface area contributed by atoms with Crippen LogP contribution in [0.3, 0.4) is 0 Å². The third kappa shape index (κ3) is 4.29. The van der Waals surface area contributed by atoms with Crippen molar-refractivity contribution in [3.8, 4) is 17.1 Å². The molecule has 0 saturated heterocycles. The molecule has 2 aromatic carbocycles. The Kier molecular flexibility index (Phi) is 5.85. The SMILES string of the molecule is Cc1c2c(nc3ccc(OC(=O)[C@@H](N)Cc4ccccc4)cc13)-c1cc3c(c(=O)n1C2)COC(=O)CC3(C)O. The maximum absolute atomic E-state index is 13.5. The number of aryl methyl sites for hydroxylation is 1. The molecule has 39 heavy (non-hydrogen) atoms. The van der Waals surface area contributed by atoms with Crippen LogP contribution in [0, 0.1) is 6.92 Å². The Morgan fingerprint density at radius 3 is 2.72 bits per heavy atom. The predicted octanol–water partition coefficient (Wildman–Crippen LogP) is 2.86. The Hall–Kier alpha value is -4.34. The van der Waals surface area contributed by atoms with Gasteiger partial charge in [0.15, 0.2) is 0 Å². The molecule has 9 heteroatoms. The first-order valence-corrected chi connectivity index (χ1v) is 12.7. The summed E-state index contributed by atoms with van der Waals surface area (Å²) >= 11 is 0. The van der Waals surface area contributed by atoms with Gasteiger partial charge in [-0.25, -0.2) is 9.78 Å². The summed E-state index contributed by atoms with van der Waals surface area (Å²) in [5.41, 5.74) is 9.49. The molecule has 0 spiro atoms. The predicted molar refractivity (Wildman–Crippen MR) is 143 cm³/mol. The van der Waals surface area contributed by atoms with E-state index in [-0.39, 0.29) is 30.7 Å². The van der Waals surface area contributed by atoms with Gasteiger partial charge >= 0.3 is 11.9 Å². The Labute approximate surface area is 223 Å². The molecule has 4 heterocycles. The smallest absolute Gasteiger partial charge is 0.328 e. The first kappa shape index (κ1) is 25.0. The van der Waals surface area contributed by atoms with Gasteiger partial charge in [0.2, 0.25) is 0 Å². The number of cyclic esters (lactones) is 1. The number of benzene rings is 2. The van der Waals surface area contributed by atoms with Crippen molar-refractivity contribution in [2.75, 3.05) is 0 Å². The van der Waals surface area contributed by atoms with E-state index in [4.69, 9.17) is 20.2 Å². The number of esters is 2. The van der Waals surface area contributed by atoms with E-state index >= 15 is 0 Å². The lowest BCUT2D eigenvalue weighted by molar-refractivity contribution is -0.148. The zero-order chi connectivity index (χ0) is 27.5. The van der Waals surface area contributed by atoms with Crippen LogP contribution >= 0.6 is 0 Å². The van der Waals surface area contributed by atoms with Gasteiger partial charge in [-0.3, -0.25) is 9.59 Å². The largest absolute Gasteiger partial charge is 0.460 e. The summed E-state index contributed by atoms with van der Waals surface area (Å²) in [7, 11) is 0. The first-order valence-electron chi connectivity index (χ1n) is 12.7. The van der Waals surface area contributed by atoms with Gasteiger partial charge in [-0.2, -0.15) is 0 Å². The van der Waals surface area contributed by atoms with Crippen LogP contribution < -0.4 is 16.0 Å². The number of hydrogen-bond acceptors (Lipinski definition) is 8. The molecule has 0 amide bonds. The minimum atomic E-state index is -1.54. The Bertz CT molecular complexity index is 1720. The normalized spacial score (nSPS) is 18.5. The van der Waals surface area contributed by atoms with Crippen LogP contribution in [0.5, 0.6) is 5.75 Å². The summed E-state index contributed by atoms with van der Waals surface area (Å²) in [6.07, 6.45) is 0.126. The summed E-state index contributed by atoms with van der Waals surface area (Å²) in [5.74, 6) is -0.727. The highest BCUT2D eigenvalue weighted by Crippen LogP contribution is 2.39. The van der Waals surface area contributed by atoms with E-state index in [1.807, 2.05) is 37.3 Å². The highest BCUT2D eigenvalue weighted by Gasteiger charge is 2.37. The molecule has 0 aliphatic carbocycles. The van der Waals surface area contributed by atoms with E-state index in [1.165, 1.54) is 6.92 Å². The number of ether oxygens (including phenoxy) is 2. The monoisotopic (exact) mass is 525 g/mol. The summed E-state index contributed by atoms with van der Waals surface area (Å²) in [6, 6.07) is 15.6. The standard InChI is InChI=1S/C30H27N3O6/c1-16-19-11-18(39-29(36)23(31)10-17-6-4-3-5-7-17)8-9-24(19)32-27-20(16)14-33-25(27)12-22-21(28(33)35)15-38-26(34)13-30(22,2)37/h3-9,11-12,23,37H,10,13-15,31H2,1-2H3/t23-,30?/m0/s1. The first-order chi connectivity index (χ1) is 18.6. The molecule has 2 aliphatic rings. The Morgan fingerprint density at radius 2 is 1.95 bits per heavy atom. The van der Waals surface area contributed by atoms with Crippen molar-refractivity contribution in [3.63, 3.8) is 0 Å². The van der Waals surface area contributed by atoms with Crippen LogP contribution in [0.1, 0.15) is 41.2 Å². The van der Waals surface area contributed by atoms with Crippen molar-refractivity contribution in [1.29, 1.82) is 0 Å². The van der Waals surface area contributed by atoms with Crippen LogP contribution in [0.2, 0.25) is 0 Å². The molecule has 1 unspecified atom stereocenters. The fourth-order valence-electron chi connectivity index (χ4n) is 5.45. The zero-order valence-corrected chi connectivity index (χ0v) is 21.6. The summed E-state index contributed by atoms with van der Waals surface area (Å²) in [6.45, 7) is 3.55. The van der Waals surface area contributed by atoms with Gasteiger partial charge in [0.05, 0.1) is 41.0 Å². The summed E-state index contributed by atoms with van der Waals surface area (Å²) < 4.78 is 12.4. The molecule has 2 aliphatic heterocycles. The van der Waals surface area contributed by atoms with Crippen molar-refractivity contribution in [2.45, 2.75) is 51.5 Å². The summed E-state index contributed by atoms with van der Waals surface area (Å²) in [4.78, 5) is 43.0. The Morgan fingerprint density at radius 1 is 1.18 bits per heavy atom. The number of hydrogen-bond donors (Lipinski definition) is 2. The van der Waals surface area contributed by atoms with Crippen LogP contribution in [-0.2, 0) is 39.5 Å². The molecule has 6 rings (SSSR count). The van der Waals surface area contributed by atoms with E-state index in [0.29, 0.717) is 34.6 Å². The lowest BCUT2D eigenvalue weighted by atomic mass is 9.89. The third-order valence-corrected chi connectivity index (χ3v) is 7.57. The maximum Gasteiger partial charge on any atom is 0.328 e. The number of nitrogens with zero attached hydrogens (tertiary/aromatic N) is 2. The van der Waals surface area contributed by atoms with Gasteiger partial charge in [0.25, 0.3) is 5.56 Å². The second-order valence-corrected chi connectivity index (χ2v) is 10.4. The van der Waals surface area contributed by atoms with Crippen molar-refractivity contribution in [1.82, 2.24) is 9.55 Å². The minimum absolute atomic E-state index is 0.185. The third-order valence-electron chi connectivity index (χ3n) is 7.57. The van der Waals surface area contributed by atoms with E-state index in [9.17, 15) is 19.5 Å². The highest BCUT2D eigenvalue weighted by molar-refractivity contribution is 5.89. The molecule has 0 fully saturated rings. The molecule has 3 N–H and O–H groups in total. The second-order valence-electron chi connectivity index (χ2n) is 10.4. The minimum Gasteiger partial charge on any atom is -0.460 e. The second kappa shape index (κ2) is 9.14. The summed E-state index contributed by atoms with van der Waals surface area (Å²) in [5, 5.41) is 11.8. The van der Waals surface area contributed by atoms with Gasteiger partial charge in [0.1, 0.15) is 18.4 Å². The fraction of sp³-hybridized carbons (Fsp3) is 0.267. The molecule has 0 bridgehead atoms. The van der Waals surface area contributed by atoms with Gasteiger partial charge < -0.3 is 24.9 Å². The lowest BCUT2D eigenvalue weighted by Crippen LogP contribution is -2.36. The molecule has 198 valence electrons. The quantitative estimate of drug-likeness (QED) is 0.270. The number of fused-ring (bicyclic) bond motifs is 5. The van der Waals surface area contributed by atoms with E-state index in [0.717, 1.165) is 22.1 Å². The Balaban J connectivity index is 1.34. The zero-order valence-electron chi connectivity index (χ0n) is 21.6. The number of nitrogens with two attached hydrogens (primary N) is 1. The number of carbonyl (C=O) groups excluding carboxylic acids is 2. The number of rotatable bonds is 4. The average molecular weight is 526 g/mol. The van der Waals surface area contributed by atoms with E-state index in [1.54, 1.807) is 28.8 Å². The van der Waals surface area contributed by atoms with Crippen LogP contribution in [0.4, 0.5) is 0 Å².